The lowest BCUT2D eigenvalue weighted by Gasteiger charge is -2.19. The van der Waals surface area contributed by atoms with Gasteiger partial charge in [-0.05, 0) is 45.0 Å². The number of ether oxygens (including phenoxy) is 2. The molecule has 6 heteroatoms. The van der Waals surface area contributed by atoms with Crippen molar-refractivity contribution in [1.29, 1.82) is 5.41 Å². The highest BCUT2D eigenvalue weighted by Gasteiger charge is 2.16. The van der Waals surface area contributed by atoms with Crippen molar-refractivity contribution in [3.8, 4) is 5.75 Å². The number of amides is 1. The molecule has 0 aliphatic rings. The van der Waals surface area contributed by atoms with E-state index in [1.54, 1.807) is 45.0 Å². The van der Waals surface area contributed by atoms with Gasteiger partial charge < -0.3 is 15.2 Å². The summed E-state index contributed by atoms with van der Waals surface area (Å²) in [6.07, 6.45) is -0.509. The van der Waals surface area contributed by atoms with Gasteiger partial charge in [0.2, 0.25) is 0 Å². The number of benzene rings is 1. The predicted octanol–water partition coefficient (Wildman–Crippen LogP) is 2.35. The van der Waals surface area contributed by atoms with E-state index in [4.69, 9.17) is 20.6 Å². The molecular weight excluding hydrogens is 246 g/mol. The van der Waals surface area contributed by atoms with Crippen molar-refractivity contribution in [3.63, 3.8) is 0 Å². The van der Waals surface area contributed by atoms with E-state index in [1.807, 2.05) is 0 Å². The maximum absolute atomic E-state index is 11.5. The van der Waals surface area contributed by atoms with E-state index in [0.29, 0.717) is 11.4 Å². The summed E-state index contributed by atoms with van der Waals surface area (Å²) in [6.45, 7) is 5.43. The minimum absolute atomic E-state index is 0.0405. The summed E-state index contributed by atoms with van der Waals surface area (Å²) < 4.78 is 10.3. The molecule has 0 saturated heterocycles. The molecule has 1 rings (SSSR count). The molecule has 0 fully saturated rings. The molecule has 0 radical (unpaired) electrons. The lowest BCUT2D eigenvalue weighted by Crippen LogP contribution is -2.27. The van der Waals surface area contributed by atoms with Gasteiger partial charge in [-0.25, -0.2) is 4.79 Å². The average Bonchev–Trinajstić information content (AvgIpc) is 2.25. The lowest BCUT2D eigenvalue weighted by atomic mass is 10.2. The molecule has 19 heavy (non-hydrogen) atoms. The molecule has 104 valence electrons. The van der Waals surface area contributed by atoms with Crippen LogP contribution in [0, 0.1) is 5.41 Å². The Hall–Kier alpha value is -2.24. The summed E-state index contributed by atoms with van der Waals surface area (Å²) in [4.78, 5) is 11.5. The molecule has 0 atom stereocenters. The Morgan fingerprint density at radius 2 is 1.89 bits per heavy atom. The number of carbonyl (C=O) groups is 1. The molecule has 4 N–H and O–H groups in total. The first kappa shape index (κ1) is 14.8. The van der Waals surface area contributed by atoms with Crippen LogP contribution >= 0.6 is 0 Å². The van der Waals surface area contributed by atoms with Crippen LogP contribution in [0.2, 0.25) is 0 Å². The van der Waals surface area contributed by atoms with Gasteiger partial charge in [0.1, 0.15) is 23.8 Å². The van der Waals surface area contributed by atoms with Gasteiger partial charge in [0.25, 0.3) is 0 Å². The molecule has 0 unspecified atom stereocenters. The molecule has 0 aromatic heterocycles. The molecule has 6 nitrogen and oxygen atoms in total. The number of anilines is 1. The van der Waals surface area contributed by atoms with E-state index in [0.717, 1.165) is 0 Å². The van der Waals surface area contributed by atoms with Gasteiger partial charge in [-0.1, -0.05) is 0 Å². The Bertz CT molecular complexity index is 449. The predicted molar refractivity (Wildman–Crippen MR) is 73.7 cm³/mol. The fourth-order valence-electron chi connectivity index (χ4n) is 1.22. The van der Waals surface area contributed by atoms with Crippen LogP contribution in [0.4, 0.5) is 10.5 Å². The van der Waals surface area contributed by atoms with Gasteiger partial charge in [0.05, 0.1) is 0 Å². The Morgan fingerprint density at radius 1 is 1.32 bits per heavy atom. The van der Waals surface area contributed by atoms with E-state index in [-0.39, 0.29) is 12.4 Å². The van der Waals surface area contributed by atoms with Gasteiger partial charge in [0.15, 0.2) is 0 Å². The zero-order valence-corrected chi connectivity index (χ0v) is 11.3. The van der Waals surface area contributed by atoms with Crippen molar-refractivity contribution in [3.05, 3.63) is 24.3 Å². The Morgan fingerprint density at radius 3 is 2.37 bits per heavy atom. The first-order chi connectivity index (χ1) is 8.76. The number of nitrogens with two attached hydrogens (primary N) is 1. The molecule has 0 aliphatic carbocycles. The van der Waals surface area contributed by atoms with Gasteiger partial charge in [-0.3, -0.25) is 10.7 Å². The maximum Gasteiger partial charge on any atom is 0.412 e. The SMILES string of the molecule is CC(C)(C)OC(=O)Nc1ccc(OCC(=N)N)cc1. The molecule has 0 saturated carbocycles. The van der Waals surface area contributed by atoms with Crippen molar-refractivity contribution in [2.24, 2.45) is 5.73 Å². The molecule has 0 bridgehead atoms. The normalized spacial score (nSPS) is 10.7. The van der Waals surface area contributed by atoms with Gasteiger partial charge in [-0.15, -0.1) is 0 Å². The number of carbonyl (C=O) groups excluding carboxylic acids is 1. The van der Waals surface area contributed by atoms with Crippen molar-refractivity contribution < 1.29 is 14.3 Å². The molecule has 1 aromatic rings. The van der Waals surface area contributed by atoms with E-state index in [1.165, 1.54) is 0 Å². The summed E-state index contributed by atoms with van der Waals surface area (Å²) in [6, 6.07) is 6.71. The first-order valence-corrected chi connectivity index (χ1v) is 5.82. The minimum atomic E-state index is -0.533. The van der Waals surface area contributed by atoms with Crippen LogP contribution in [-0.2, 0) is 4.74 Å². The maximum atomic E-state index is 11.5. The molecule has 0 aliphatic heterocycles. The van der Waals surface area contributed by atoms with Crippen molar-refractivity contribution >= 4 is 17.6 Å². The number of nitrogens with one attached hydrogen (secondary N) is 2. The lowest BCUT2D eigenvalue weighted by molar-refractivity contribution is 0.0636. The van der Waals surface area contributed by atoms with Crippen LogP contribution < -0.4 is 15.8 Å². The van der Waals surface area contributed by atoms with E-state index >= 15 is 0 Å². The molecular formula is C13H19N3O3. The third kappa shape index (κ3) is 6.30. The topological polar surface area (TPSA) is 97.4 Å². The second kappa shape index (κ2) is 6.08. The van der Waals surface area contributed by atoms with E-state index in [2.05, 4.69) is 5.32 Å². The Balaban J connectivity index is 2.52. The molecule has 1 amide bonds. The minimum Gasteiger partial charge on any atom is -0.486 e. The summed E-state index contributed by atoms with van der Waals surface area (Å²) in [5.41, 5.74) is 5.25. The number of rotatable bonds is 4. The van der Waals surface area contributed by atoms with Gasteiger partial charge >= 0.3 is 6.09 Å². The number of hydrogen-bond donors (Lipinski definition) is 3. The highest BCUT2D eigenvalue weighted by Crippen LogP contribution is 2.16. The largest absolute Gasteiger partial charge is 0.486 e. The Kier molecular flexibility index (Phi) is 4.74. The van der Waals surface area contributed by atoms with E-state index in [9.17, 15) is 4.79 Å². The van der Waals surface area contributed by atoms with Crippen LogP contribution in [0.1, 0.15) is 20.8 Å². The second-order valence-corrected chi connectivity index (χ2v) is 4.97. The monoisotopic (exact) mass is 265 g/mol. The first-order valence-electron chi connectivity index (χ1n) is 5.82. The van der Waals surface area contributed by atoms with Crippen LogP contribution in [0.15, 0.2) is 24.3 Å². The van der Waals surface area contributed by atoms with Crippen molar-refractivity contribution in [2.75, 3.05) is 11.9 Å². The highest BCUT2D eigenvalue weighted by atomic mass is 16.6. The van der Waals surface area contributed by atoms with Crippen molar-refractivity contribution in [1.82, 2.24) is 0 Å². The second-order valence-electron chi connectivity index (χ2n) is 4.97. The summed E-state index contributed by atoms with van der Waals surface area (Å²) in [5, 5.41) is 9.65. The highest BCUT2D eigenvalue weighted by molar-refractivity contribution is 5.84. The smallest absolute Gasteiger partial charge is 0.412 e. The van der Waals surface area contributed by atoms with Gasteiger partial charge in [0, 0.05) is 5.69 Å². The number of amidine groups is 1. The fraction of sp³-hybridized carbons (Fsp3) is 0.385. The van der Waals surface area contributed by atoms with Crippen LogP contribution in [0.25, 0.3) is 0 Å². The van der Waals surface area contributed by atoms with Crippen molar-refractivity contribution in [2.45, 2.75) is 26.4 Å². The average molecular weight is 265 g/mol. The fourth-order valence-corrected chi connectivity index (χ4v) is 1.22. The zero-order valence-electron chi connectivity index (χ0n) is 11.3. The standard InChI is InChI=1S/C13H19N3O3/c1-13(2,3)19-12(17)16-9-4-6-10(7-5-9)18-8-11(14)15/h4-7H,8H2,1-3H3,(H3,14,15)(H,16,17). The van der Waals surface area contributed by atoms with E-state index < -0.39 is 11.7 Å². The van der Waals surface area contributed by atoms with Crippen LogP contribution in [0.3, 0.4) is 0 Å². The molecule has 0 heterocycles. The van der Waals surface area contributed by atoms with Gasteiger partial charge in [-0.2, -0.15) is 0 Å². The summed E-state index contributed by atoms with van der Waals surface area (Å²) in [7, 11) is 0. The number of hydrogen-bond acceptors (Lipinski definition) is 4. The van der Waals surface area contributed by atoms with Crippen LogP contribution in [-0.4, -0.2) is 24.1 Å². The molecule has 1 aromatic carbocycles. The summed E-state index contributed by atoms with van der Waals surface area (Å²) >= 11 is 0. The zero-order chi connectivity index (χ0) is 14.5. The van der Waals surface area contributed by atoms with Crippen LogP contribution in [0.5, 0.6) is 5.75 Å². The quantitative estimate of drug-likeness (QED) is 0.575. The molecule has 0 spiro atoms. The Labute approximate surface area is 112 Å². The third-order valence-electron chi connectivity index (χ3n) is 1.89. The third-order valence-corrected chi connectivity index (χ3v) is 1.89. The summed E-state index contributed by atoms with van der Waals surface area (Å²) in [5.74, 6) is 0.529.